The number of carboxylic acids is 1. The predicted octanol–water partition coefficient (Wildman–Crippen LogP) is 5.24. The molecule has 0 bridgehead atoms. The summed E-state index contributed by atoms with van der Waals surface area (Å²) in [4.78, 5) is 25.3. The number of rotatable bonds is 8. The molecule has 1 unspecified atom stereocenters. The molecule has 1 aromatic heterocycles. The first kappa shape index (κ1) is 22.5. The number of likely N-dealkylation sites (tertiary alicyclic amines) is 1. The Morgan fingerprint density at radius 1 is 1.17 bits per heavy atom. The molecule has 1 fully saturated rings. The molecule has 1 atom stereocenters. The molecule has 2 aromatic rings. The second-order valence-electron chi connectivity index (χ2n) is 8.40. The molecule has 1 aliphatic rings. The number of quaternary nitrogens is 1. The Labute approximate surface area is 183 Å². The average Bonchev–Trinajstić information content (AvgIpc) is 3.09. The largest absolute Gasteiger partial charge is 0.477 e. The van der Waals surface area contributed by atoms with Crippen LogP contribution in [-0.2, 0) is 17.8 Å². The number of anilines is 1. The van der Waals surface area contributed by atoms with Crippen LogP contribution in [0.1, 0.15) is 65.9 Å². The van der Waals surface area contributed by atoms with Crippen molar-refractivity contribution >= 4 is 28.9 Å². The van der Waals surface area contributed by atoms with Gasteiger partial charge in [0.1, 0.15) is 11.4 Å². The van der Waals surface area contributed by atoms with Gasteiger partial charge in [0.15, 0.2) is 6.04 Å². The van der Waals surface area contributed by atoms with Crippen LogP contribution in [0.5, 0.6) is 0 Å². The standard InChI is InChI=1S/C24H32N2O3S/c1-4-18-10-9-11-19(14-18)15-26(12-7-6-8-13-26)20(5-2)23(27)25-21-17(3)16-30-22(21)24(28)29/h9-11,14,16,20H,4-8,12-13,15H2,1-3H3,(H-,25,27,28,29)/p+1. The molecule has 162 valence electrons. The molecule has 1 aromatic carbocycles. The fourth-order valence-electron chi connectivity index (χ4n) is 4.82. The minimum Gasteiger partial charge on any atom is -0.477 e. The van der Waals surface area contributed by atoms with E-state index in [-0.39, 0.29) is 16.8 Å². The number of hydrogen-bond donors (Lipinski definition) is 2. The summed E-state index contributed by atoms with van der Waals surface area (Å²) < 4.78 is 0.751. The lowest BCUT2D eigenvalue weighted by molar-refractivity contribution is -0.959. The molecule has 1 amide bonds. The number of nitrogens with zero attached hydrogens (tertiary/aromatic N) is 1. The third-order valence-corrected chi connectivity index (χ3v) is 7.46. The van der Waals surface area contributed by atoms with Crippen LogP contribution in [0.3, 0.4) is 0 Å². The van der Waals surface area contributed by atoms with Crippen LogP contribution < -0.4 is 5.32 Å². The molecular formula is C24H33N2O3S+. The maximum Gasteiger partial charge on any atom is 0.348 e. The van der Waals surface area contributed by atoms with Gasteiger partial charge in [0.25, 0.3) is 5.91 Å². The quantitative estimate of drug-likeness (QED) is 0.564. The number of benzene rings is 1. The van der Waals surface area contributed by atoms with Gasteiger partial charge in [0.05, 0.1) is 18.8 Å². The van der Waals surface area contributed by atoms with Crippen LogP contribution in [0.25, 0.3) is 0 Å². The van der Waals surface area contributed by atoms with Crippen molar-refractivity contribution in [1.82, 2.24) is 0 Å². The van der Waals surface area contributed by atoms with Crippen LogP contribution >= 0.6 is 11.3 Å². The molecule has 30 heavy (non-hydrogen) atoms. The van der Waals surface area contributed by atoms with Gasteiger partial charge in [0.2, 0.25) is 0 Å². The first-order valence-corrected chi connectivity index (χ1v) is 11.8. The Morgan fingerprint density at radius 3 is 2.50 bits per heavy atom. The zero-order valence-corrected chi connectivity index (χ0v) is 19.1. The summed E-state index contributed by atoms with van der Waals surface area (Å²) in [6, 6.07) is 8.51. The van der Waals surface area contributed by atoms with E-state index in [1.807, 2.05) is 6.92 Å². The van der Waals surface area contributed by atoms with Crippen LogP contribution in [0.15, 0.2) is 29.6 Å². The third kappa shape index (κ3) is 4.76. The van der Waals surface area contributed by atoms with E-state index in [1.54, 1.807) is 5.38 Å². The first-order valence-electron chi connectivity index (χ1n) is 11.0. The number of hydrogen-bond acceptors (Lipinski definition) is 3. The number of carbonyl (C=O) groups is 2. The van der Waals surface area contributed by atoms with Gasteiger partial charge in [-0.1, -0.05) is 38.1 Å². The average molecular weight is 430 g/mol. The molecule has 2 heterocycles. The molecule has 0 aliphatic carbocycles. The summed E-state index contributed by atoms with van der Waals surface area (Å²) in [5.74, 6) is -1.05. The highest BCUT2D eigenvalue weighted by molar-refractivity contribution is 7.12. The van der Waals surface area contributed by atoms with Crippen molar-refractivity contribution in [3.05, 3.63) is 51.2 Å². The van der Waals surface area contributed by atoms with E-state index in [1.165, 1.54) is 28.9 Å². The van der Waals surface area contributed by atoms with Crippen molar-refractivity contribution in [3.8, 4) is 0 Å². The number of amides is 1. The highest BCUT2D eigenvalue weighted by atomic mass is 32.1. The van der Waals surface area contributed by atoms with E-state index in [0.29, 0.717) is 5.69 Å². The summed E-state index contributed by atoms with van der Waals surface area (Å²) in [7, 11) is 0. The highest BCUT2D eigenvalue weighted by Crippen LogP contribution is 2.32. The SMILES string of the molecule is CCc1cccc(C[N+]2(C(CC)C(=O)Nc3c(C)csc3C(=O)O)CCCCC2)c1. The minimum atomic E-state index is -0.991. The van der Waals surface area contributed by atoms with Gasteiger partial charge >= 0.3 is 5.97 Å². The lowest BCUT2D eigenvalue weighted by atomic mass is 9.97. The maximum atomic E-state index is 13.5. The summed E-state index contributed by atoms with van der Waals surface area (Å²) in [5, 5.41) is 14.3. The summed E-state index contributed by atoms with van der Waals surface area (Å²) in [5.41, 5.74) is 3.86. The van der Waals surface area contributed by atoms with Gasteiger partial charge in [-0.15, -0.1) is 11.3 Å². The van der Waals surface area contributed by atoms with Crippen LogP contribution in [0, 0.1) is 6.92 Å². The zero-order chi connectivity index (χ0) is 21.7. The molecule has 5 nitrogen and oxygen atoms in total. The van der Waals surface area contributed by atoms with Crippen molar-refractivity contribution in [2.45, 2.75) is 65.5 Å². The second-order valence-corrected chi connectivity index (χ2v) is 9.28. The van der Waals surface area contributed by atoms with E-state index in [9.17, 15) is 14.7 Å². The van der Waals surface area contributed by atoms with Crippen molar-refractivity contribution in [2.24, 2.45) is 0 Å². The predicted molar refractivity (Wildman–Crippen MR) is 122 cm³/mol. The lowest BCUT2D eigenvalue weighted by Crippen LogP contribution is -2.61. The normalized spacial score (nSPS) is 16.8. The van der Waals surface area contributed by atoms with Crippen molar-refractivity contribution < 1.29 is 19.2 Å². The zero-order valence-electron chi connectivity index (χ0n) is 18.2. The van der Waals surface area contributed by atoms with E-state index < -0.39 is 5.97 Å². The van der Waals surface area contributed by atoms with Gasteiger partial charge in [-0.25, -0.2) is 4.79 Å². The van der Waals surface area contributed by atoms with Gasteiger partial charge in [0, 0.05) is 12.0 Å². The Kier molecular flexibility index (Phi) is 7.32. The number of aromatic carboxylic acids is 1. The van der Waals surface area contributed by atoms with Crippen molar-refractivity contribution in [1.29, 1.82) is 0 Å². The van der Waals surface area contributed by atoms with Crippen LogP contribution in [0.2, 0.25) is 0 Å². The molecule has 3 rings (SSSR count). The molecule has 0 radical (unpaired) electrons. The van der Waals surface area contributed by atoms with E-state index in [0.717, 1.165) is 55.4 Å². The number of carbonyl (C=O) groups excluding carboxylic acids is 1. The van der Waals surface area contributed by atoms with Crippen LogP contribution in [0.4, 0.5) is 5.69 Å². The number of thiophene rings is 1. The first-order chi connectivity index (χ1) is 14.4. The van der Waals surface area contributed by atoms with Crippen molar-refractivity contribution in [3.63, 3.8) is 0 Å². The molecule has 0 saturated carbocycles. The topological polar surface area (TPSA) is 66.4 Å². The molecule has 2 N–H and O–H groups in total. The molecule has 0 spiro atoms. The number of carboxylic acid groups (broad SMARTS) is 1. The summed E-state index contributed by atoms with van der Waals surface area (Å²) in [6.45, 7) is 8.89. The number of nitrogens with one attached hydrogen (secondary N) is 1. The van der Waals surface area contributed by atoms with E-state index in [2.05, 4.69) is 43.4 Å². The Bertz CT molecular complexity index is 900. The summed E-state index contributed by atoms with van der Waals surface area (Å²) in [6.07, 6.45) is 5.18. The van der Waals surface area contributed by atoms with Gasteiger partial charge in [-0.2, -0.15) is 0 Å². The van der Waals surface area contributed by atoms with Gasteiger partial charge in [-0.05, 0) is 49.1 Å². The molecular weight excluding hydrogens is 396 g/mol. The van der Waals surface area contributed by atoms with Crippen molar-refractivity contribution in [2.75, 3.05) is 18.4 Å². The molecule has 6 heteroatoms. The van der Waals surface area contributed by atoms with Crippen LogP contribution in [-0.4, -0.2) is 40.6 Å². The maximum absolute atomic E-state index is 13.5. The van der Waals surface area contributed by atoms with Gasteiger partial charge < -0.3 is 14.9 Å². The minimum absolute atomic E-state index is 0.0601. The number of aryl methyl sites for hydroxylation is 2. The van der Waals surface area contributed by atoms with E-state index >= 15 is 0 Å². The number of piperidine rings is 1. The Hall–Kier alpha value is -2.18. The fraction of sp³-hybridized carbons (Fsp3) is 0.500. The summed E-state index contributed by atoms with van der Waals surface area (Å²) >= 11 is 1.17. The molecule has 1 saturated heterocycles. The third-order valence-electron chi connectivity index (χ3n) is 6.37. The smallest absolute Gasteiger partial charge is 0.348 e. The monoisotopic (exact) mass is 429 g/mol. The molecule has 1 aliphatic heterocycles. The Balaban J connectivity index is 1.90. The lowest BCUT2D eigenvalue weighted by Gasteiger charge is -2.46. The van der Waals surface area contributed by atoms with E-state index in [4.69, 9.17) is 0 Å². The van der Waals surface area contributed by atoms with Gasteiger partial charge in [-0.3, -0.25) is 4.79 Å². The second kappa shape index (κ2) is 9.75. The fourth-order valence-corrected chi connectivity index (χ4v) is 5.66. The Morgan fingerprint density at radius 2 is 1.87 bits per heavy atom. The highest BCUT2D eigenvalue weighted by Gasteiger charge is 2.42.